The molecule has 4 nitrogen and oxygen atoms in total. The summed E-state index contributed by atoms with van der Waals surface area (Å²) in [5, 5.41) is 1.94. The van der Waals surface area contributed by atoms with Crippen LogP contribution in [-0.2, 0) is 20.6 Å². The number of benzene rings is 3. The summed E-state index contributed by atoms with van der Waals surface area (Å²) in [7, 11) is -2.91. The van der Waals surface area contributed by atoms with E-state index in [4.69, 9.17) is 4.43 Å². The second-order valence-corrected chi connectivity index (χ2v) is 13.5. The van der Waals surface area contributed by atoms with Gasteiger partial charge in [0.1, 0.15) is 6.10 Å². The van der Waals surface area contributed by atoms with Crippen LogP contribution in [0.25, 0.3) is 0 Å². The van der Waals surface area contributed by atoms with Gasteiger partial charge in [0.2, 0.25) is 5.91 Å². The van der Waals surface area contributed by atoms with Crippen LogP contribution in [0.15, 0.2) is 91.0 Å². The highest BCUT2D eigenvalue weighted by atomic mass is 28.4. The van der Waals surface area contributed by atoms with Gasteiger partial charge in [-0.2, -0.15) is 0 Å². The predicted molar refractivity (Wildman–Crippen MR) is 129 cm³/mol. The van der Waals surface area contributed by atoms with Gasteiger partial charge < -0.3 is 4.43 Å². The van der Waals surface area contributed by atoms with Crippen molar-refractivity contribution < 1.29 is 14.0 Å². The summed E-state index contributed by atoms with van der Waals surface area (Å²) >= 11 is 0. The van der Waals surface area contributed by atoms with Gasteiger partial charge in [0, 0.05) is 0 Å². The minimum absolute atomic E-state index is 0.0795. The van der Waals surface area contributed by atoms with E-state index in [2.05, 4.69) is 45.0 Å². The van der Waals surface area contributed by atoms with E-state index < -0.39 is 14.4 Å². The predicted octanol–water partition coefficient (Wildman–Crippen LogP) is 3.89. The smallest absolute Gasteiger partial charge is 0.262 e. The number of carbonyl (C=O) groups excluding carboxylic acids is 2. The molecule has 0 radical (unpaired) electrons. The van der Waals surface area contributed by atoms with Gasteiger partial charge in [-0.25, -0.2) is 0 Å². The van der Waals surface area contributed by atoms with E-state index in [-0.39, 0.29) is 29.8 Å². The molecule has 3 aromatic carbocycles. The molecule has 0 N–H and O–H groups in total. The Morgan fingerprint density at radius 1 is 0.812 bits per heavy atom. The second kappa shape index (κ2) is 8.85. The summed E-state index contributed by atoms with van der Waals surface area (Å²) in [5.41, 5.74) is 0.931. The summed E-state index contributed by atoms with van der Waals surface area (Å²) in [5.74, 6) is -0.423. The van der Waals surface area contributed by atoms with Crippen LogP contribution in [-0.4, -0.2) is 31.1 Å². The maximum Gasteiger partial charge on any atom is 0.262 e. The lowest BCUT2D eigenvalue weighted by molar-refractivity contribution is -0.141. The van der Waals surface area contributed by atoms with Crippen molar-refractivity contribution in [3.8, 4) is 0 Å². The van der Waals surface area contributed by atoms with E-state index in [9.17, 15) is 9.59 Å². The first-order valence-corrected chi connectivity index (χ1v) is 12.9. The van der Waals surface area contributed by atoms with Crippen LogP contribution in [0.3, 0.4) is 0 Å². The van der Waals surface area contributed by atoms with Gasteiger partial charge in [-0.1, -0.05) is 112 Å². The van der Waals surface area contributed by atoms with Crippen LogP contribution >= 0.6 is 0 Å². The Hall–Kier alpha value is -3.02. The zero-order valence-electron chi connectivity index (χ0n) is 18.8. The molecular formula is C27H29NO3Si. The Kier molecular flexibility index (Phi) is 6.13. The average Bonchev–Trinajstić information content (AvgIpc) is 3.06. The SMILES string of the molecule is CC(C)(C)[Si](O[C@H]1CC(=O)N(Cc2ccccc2)C1=O)(c1ccccc1)c1ccccc1. The lowest BCUT2D eigenvalue weighted by atomic mass is 10.2. The molecule has 5 heteroatoms. The van der Waals surface area contributed by atoms with E-state index in [1.54, 1.807) is 0 Å². The highest BCUT2D eigenvalue weighted by Gasteiger charge is 2.54. The van der Waals surface area contributed by atoms with Crippen molar-refractivity contribution in [2.24, 2.45) is 0 Å². The molecule has 1 atom stereocenters. The molecule has 164 valence electrons. The van der Waals surface area contributed by atoms with Crippen LogP contribution in [0.2, 0.25) is 5.04 Å². The number of rotatable bonds is 6. The van der Waals surface area contributed by atoms with Crippen molar-refractivity contribution >= 4 is 30.5 Å². The van der Waals surface area contributed by atoms with Crippen molar-refractivity contribution in [3.05, 3.63) is 96.6 Å². The van der Waals surface area contributed by atoms with E-state index in [0.717, 1.165) is 15.9 Å². The quantitative estimate of drug-likeness (QED) is 0.429. The summed E-state index contributed by atoms with van der Waals surface area (Å²) in [6.45, 7) is 6.78. The van der Waals surface area contributed by atoms with Crippen molar-refractivity contribution in [2.45, 2.75) is 44.9 Å². The fraction of sp³-hybridized carbons (Fsp3) is 0.259. The minimum Gasteiger partial charge on any atom is -0.395 e. The molecule has 0 aliphatic carbocycles. The zero-order chi connectivity index (χ0) is 22.8. The van der Waals surface area contributed by atoms with Gasteiger partial charge in [0.15, 0.2) is 0 Å². The topological polar surface area (TPSA) is 46.6 Å². The molecule has 1 fully saturated rings. The molecule has 1 aliphatic heterocycles. The van der Waals surface area contributed by atoms with Crippen molar-refractivity contribution in [1.29, 1.82) is 0 Å². The zero-order valence-corrected chi connectivity index (χ0v) is 19.8. The summed E-state index contributed by atoms with van der Waals surface area (Å²) < 4.78 is 6.91. The first-order valence-electron chi connectivity index (χ1n) is 11.0. The first kappa shape index (κ1) is 22.2. The molecular weight excluding hydrogens is 414 g/mol. The van der Waals surface area contributed by atoms with E-state index in [1.165, 1.54) is 4.90 Å². The molecule has 2 amide bonds. The molecule has 0 bridgehead atoms. The van der Waals surface area contributed by atoms with Crippen LogP contribution in [0.5, 0.6) is 0 Å². The Morgan fingerprint density at radius 3 is 1.75 bits per heavy atom. The number of imide groups is 1. The molecule has 0 aromatic heterocycles. The normalized spacial score (nSPS) is 17.1. The standard InChI is InChI=1S/C27H29NO3Si/c1-27(2,3)32(22-15-9-5-10-16-22,23-17-11-6-12-18-23)31-24-19-25(29)28(26(24)30)20-21-13-7-4-8-14-21/h4-18,24H,19-20H2,1-3H3/t24-/m0/s1. The number of hydrogen-bond donors (Lipinski definition) is 0. The molecule has 1 heterocycles. The number of amides is 2. The van der Waals surface area contributed by atoms with E-state index in [0.29, 0.717) is 0 Å². The Labute approximate surface area is 191 Å². The van der Waals surface area contributed by atoms with Crippen LogP contribution in [0.1, 0.15) is 32.8 Å². The molecule has 4 rings (SSSR count). The molecule has 0 unspecified atom stereocenters. The number of likely N-dealkylation sites (tertiary alicyclic amines) is 1. The van der Waals surface area contributed by atoms with E-state index >= 15 is 0 Å². The van der Waals surface area contributed by atoms with Gasteiger partial charge in [-0.05, 0) is 21.0 Å². The third-order valence-corrected chi connectivity index (χ3v) is 11.2. The molecule has 3 aromatic rings. The summed E-state index contributed by atoms with van der Waals surface area (Å²) in [6.07, 6.45) is -0.701. The number of hydrogen-bond acceptors (Lipinski definition) is 3. The van der Waals surface area contributed by atoms with Crippen molar-refractivity contribution in [2.75, 3.05) is 0 Å². The molecule has 1 saturated heterocycles. The molecule has 1 aliphatic rings. The third-order valence-electron chi connectivity index (χ3n) is 6.12. The maximum atomic E-state index is 13.4. The average molecular weight is 444 g/mol. The van der Waals surface area contributed by atoms with Gasteiger partial charge in [0.25, 0.3) is 14.2 Å². The van der Waals surface area contributed by atoms with Gasteiger partial charge in [-0.15, -0.1) is 0 Å². The lowest BCUT2D eigenvalue weighted by Gasteiger charge is -2.44. The highest BCUT2D eigenvalue weighted by Crippen LogP contribution is 2.38. The fourth-order valence-corrected chi connectivity index (χ4v) is 9.21. The maximum absolute atomic E-state index is 13.4. The summed E-state index contributed by atoms with van der Waals surface area (Å²) in [6, 6.07) is 30.0. The van der Waals surface area contributed by atoms with Crippen LogP contribution in [0, 0.1) is 0 Å². The number of carbonyl (C=O) groups is 2. The van der Waals surface area contributed by atoms with Gasteiger partial charge >= 0.3 is 0 Å². The van der Waals surface area contributed by atoms with Crippen LogP contribution in [0.4, 0.5) is 0 Å². The molecule has 32 heavy (non-hydrogen) atoms. The molecule has 0 saturated carbocycles. The van der Waals surface area contributed by atoms with Crippen molar-refractivity contribution in [3.63, 3.8) is 0 Å². The largest absolute Gasteiger partial charge is 0.395 e. The Bertz CT molecular complexity index is 1040. The van der Waals surface area contributed by atoms with Crippen LogP contribution < -0.4 is 10.4 Å². The van der Waals surface area contributed by atoms with E-state index in [1.807, 2.05) is 66.7 Å². The Morgan fingerprint density at radius 2 is 1.28 bits per heavy atom. The highest BCUT2D eigenvalue weighted by molar-refractivity contribution is 6.99. The van der Waals surface area contributed by atoms with Gasteiger partial charge in [-0.3, -0.25) is 14.5 Å². The second-order valence-electron chi connectivity index (χ2n) is 9.28. The minimum atomic E-state index is -2.91. The first-order chi connectivity index (χ1) is 15.3. The third kappa shape index (κ3) is 4.06. The molecule has 0 spiro atoms. The monoisotopic (exact) mass is 443 g/mol. The summed E-state index contributed by atoms with van der Waals surface area (Å²) in [4.78, 5) is 27.6. The number of nitrogens with zero attached hydrogens (tertiary/aromatic N) is 1. The Balaban J connectivity index is 1.74. The van der Waals surface area contributed by atoms with Crippen molar-refractivity contribution in [1.82, 2.24) is 4.90 Å². The lowest BCUT2D eigenvalue weighted by Crippen LogP contribution is -2.68. The van der Waals surface area contributed by atoms with Gasteiger partial charge in [0.05, 0.1) is 13.0 Å². The fourth-order valence-electron chi connectivity index (χ4n) is 4.58.